The summed E-state index contributed by atoms with van der Waals surface area (Å²) in [5.41, 5.74) is 2.29. The smallest absolute Gasteiger partial charge is 0.0658 e. The van der Waals surface area contributed by atoms with Gasteiger partial charge in [-0.3, -0.25) is 0 Å². The maximum atomic E-state index is 9.29. The molecule has 1 aliphatic heterocycles. The molecule has 1 aromatic carbocycles. The third kappa shape index (κ3) is 1.66. The van der Waals surface area contributed by atoms with Crippen molar-refractivity contribution in [2.45, 2.75) is 25.3 Å². The van der Waals surface area contributed by atoms with E-state index in [1.165, 1.54) is 5.56 Å². The van der Waals surface area contributed by atoms with E-state index in [0.29, 0.717) is 0 Å². The predicted molar refractivity (Wildman–Crippen MR) is 61.6 cm³/mol. The molecule has 14 heavy (non-hydrogen) atoms. The zero-order valence-electron chi connectivity index (χ0n) is 8.18. The summed E-state index contributed by atoms with van der Waals surface area (Å²) < 4.78 is 1.08. The van der Waals surface area contributed by atoms with E-state index < -0.39 is 0 Å². The molecule has 0 aromatic heterocycles. The summed E-state index contributed by atoms with van der Waals surface area (Å²) in [6.07, 6.45) is 2.01. The minimum Gasteiger partial charge on any atom is -0.394 e. The SMILES string of the molecule is CC1(CO)CCc2cccc(Br)c2N1. The largest absolute Gasteiger partial charge is 0.394 e. The molecule has 76 valence electrons. The molecular formula is C11H14BrNO. The summed E-state index contributed by atoms with van der Waals surface area (Å²) in [7, 11) is 0. The Hall–Kier alpha value is -0.540. The second-order valence-electron chi connectivity index (χ2n) is 4.12. The Morgan fingerprint density at radius 3 is 3.07 bits per heavy atom. The number of hydrogen-bond acceptors (Lipinski definition) is 2. The third-order valence-corrected chi connectivity index (χ3v) is 3.48. The summed E-state index contributed by atoms with van der Waals surface area (Å²) in [6.45, 7) is 2.23. The van der Waals surface area contributed by atoms with Gasteiger partial charge in [-0.2, -0.15) is 0 Å². The van der Waals surface area contributed by atoms with Crippen molar-refractivity contribution < 1.29 is 5.11 Å². The molecule has 2 N–H and O–H groups in total. The quantitative estimate of drug-likeness (QED) is 0.809. The number of hydrogen-bond donors (Lipinski definition) is 2. The Morgan fingerprint density at radius 2 is 2.36 bits per heavy atom. The van der Waals surface area contributed by atoms with Crippen LogP contribution in [0.2, 0.25) is 0 Å². The highest BCUT2D eigenvalue weighted by atomic mass is 79.9. The average Bonchev–Trinajstić information content (AvgIpc) is 2.20. The first kappa shape index (κ1) is 9.99. The standard InChI is InChI=1S/C11H14BrNO/c1-11(7-14)6-5-8-3-2-4-9(12)10(8)13-11/h2-4,13-14H,5-7H2,1H3. The molecule has 0 spiro atoms. The van der Waals surface area contributed by atoms with Crippen LogP contribution < -0.4 is 5.32 Å². The molecule has 0 amide bonds. The van der Waals surface area contributed by atoms with Crippen molar-refractivity contribution in [2.75, 3.05) is 11.9 Å². The Labute approximate surface area is 92.5 Å². The summed E-state index contributed by atoms with van der Waals surface area (Å²) in [5.74, 6) is 0. The van der Waals surface area contributed by atoms with E-state index in [1.807, 2.05) is 12.1 Å². The van der Waals surface area contributed by atoms with Gasteiger partial charge in [-0.25, -0.2) is 0 Å². The molecule has 0 saturated carbocycles. The lowest BCUT2D eigenvalue weighted by Gasteiger charge is -2.36. The van der Waals surface area contributed by atoms with Crippen molar-refractivity contribution in [1.82, 2.24) is 0 Å². The van der Waals surface area contributed by atoms with Crippen LogP contribution in [0.15, 0.2) is 22.7 Å². The van der Waals surface area contributed by atoms with Gasteiger partial charge in [0, 0.05) is 4.47 Å². The molecule has 3 heteroatoms. The number of benzene rings is 1. The molecule has 1 heterocycles. The highest BCUT2D eigenvalue weighted by Gasteiger charge is 2.28. The van der Waals surface area contributed by atoms with Crippen LogP contribution in [0, 0.1) is 0 Å². The van der Waals surface area contributed by atoms with Crippen molar-refractivity contribution in [3.8, 4) is 0 Å². The monoisotopic (exact) mass is 255 g/mol. The van der Waals surface area contributed by atoms with E-state index in [1.54, 1.807) is 0 Å². The highest BCUT2D eigenvalue weighted by Crippen LogP contribution is 2.35. The molecule has 1 atom stereocenters. The van der Waals surface area contributed by atoms with Crippen LogP contribution in [-0.4, -0.2) is 17.3 Å². The number of aliphatic hydroxyl groups is 1. The minimum absolute atomic E-state index is 0.170. The molecule has 0 fully saturated rings. The van der Waals surface area contributed by atoms with Crippen LogP contribution >= 0.6 is 15.9 Å². The zero-order valence-corrected chi connectivity index (χ0v) is 9.76. The van der Waals surface area contributed by atoms with Gasteiger partial charge in [0.25, 0.3) is 0 Å². The van der Waals surface area contributed by atoms with Gasteiger partial charge in [0.15, 0.2) is 0 Å². The fraction of sp³-hybridized carbons (Fsp3) is 0.455. The van der Waals surface area contributed by atoms with E-state index in [4.69, 9.17) is 0 Å². The van der Waals surface area contributed by atoms with Crippen LogP contribution in [0.4, 0.5) is 5.69 Å². The number of rotatable bonds is 1. The summed E-state index contributed by atoms with van der Waals surface area (Å²) in [6, 6.07) is 6.20. The first-order valence-electron chi connectivity index (χ1n) is 4.81. The van der Waals surface area contributed by atoms with E-state index in [0.717, 1.165) is 23.0 Å². The first-order chi connectivity index (χ1) is 6.64. The minimum atomic E-state index is -0.170. The molecule has 1 unspecified atom stereocenters. The van der Waals surface area contributed by atoms with Crippen molar-refractivity contribution in [3.05, 3.63) is 28.2 Å². The summed E-state index contributed by atoms with van der Waals surface area (Å²) in [4.78, 5) is 0. The topological polar surface area (TPSA) is 32.3 Å². The second-order valence-corrected chi connectivity index (χ2v) is 4.97. The van der Waals surface area contributed by atoms with Crippen LogP contribution in [0.1, 0.15) is 18.9 Å². The van der Waals surface area contributed by atoms with Crippen molar-refractivity contribution in [1.29, 1.82) is 0 Å². The third-order valence-electron chi connectivity index (χ3n) is 2.82. The first-order valence-corrected chi connectivity index (χ1v) is 5.60. The van der Waals surface area contributed by atoms with E-state index in [9.17, 15) is 5.11 Å². The van der Waals surface area contributed by atoms with Crippen molar-refractivity contribution in [3.63, 3.8) is 0 Å². The van der Waals surface area contributed by atoms with Crippen LogP contribution in [0.25, 0.3) is 0 Å². The molecule has 1 aliphatic rings. The number of anilines is 1. The fourth-order valence-electron chi connectivity index (χ4n) is 1.81. The van der Waals surface area contributed by atoms with Crippen molar-refractivity contribution in [2.24, 2.45) is 0 Å². The lowest BCUT2D eigenvalue weighted by molar-refractivity contribution is 0.212. The number of fused-ring (bicyclic) bond motifs is 1. The summed E-state index contributed by atoms with van der Waals surface area (Å²) in [5, 5.41) is 12.7. The van der Waals surface area contributed by atoms with Crippen LogP contribution in [-0.2, 0) is 6.42 Å². The van der Waals surface area contributed by atoms with Gasteiger partial charge < -0.3 is 10.4 Å². The van der Waals surface area contributed by atoms with Crippen LogP contribution in [0.3, 0.4) is 0 Å². The Bertz CT molecular complexity index is 353. The highest BCUT2D eigenvalue weighted by molar-refractivity contribution is 9.10. The Morgan fingerprint density at radius 1 is 1.57 bits per heavy atom. The summed E-state index contributed by atoms with van der Waals surface area (Å²) >= 11 is 3.52. The molecule has 0 radical (unpaired) electrons. The lowest BCUT2D eigenvalue weighted by Crippen LogP contribution is -2.42. The second kappa shape index (κ2) is 3.55. The van der Waals surface area contributed by atoms with Gasteiger partial charge in [-0.05, 0) is 47.3 Å². The molecular weight excluding hydrogens is 242 g/mol. The molecule has 0 saturated heterocycles. The number of para-hydroxylation sites is 1. The van der Waals surface area contributed by atoms with E-state index in [-0.39, 0.29) is 12.1 Å². The zero-order chi connectivity index (χ0) is 10.2. The van der Waals surface area contributed by atoms with Gasteiger partial charge >= 0.3 is 0 Å². The average molecular weight is 256 g/mol. The van der Waals surface area contributed by atoms with Gasteiger partial charge in [-0.15, -0.1) is 0 Å². The Balaban J connectivity index is 2.38. The molecule has 1 aromatic rings. The van der Waals surface area contributed by atoms with Gasteiger partial charge in [0.2, 0.25) is 0 Å². The normalized spacial score (nSPS) is 25.4. The number of aliphatic hydroxyl groups excluding tert-OH is 1. The fourth-order valence-corrected chi connectivity index (χ4v) is 2.32. The molecule has 2 nitrogen and oxygen atoms in total. The van der Waals surface area contributed by atoms with E-state index >= 15 is 0 Å². The number of aryl methyl sites for hydroxylation is 1. The molecule has 2 rings (SSSR count). The number of halogens is 1. The maximum Gasteiger partial charge on any atom is 0.0658 e. The van der Waals surface area contributed by atoms with E-state index in [2.05, 4.69) is 34.2 Å². The Kier molecular flexibility index (Phi) is 2.54. The van der Waals surface area contributed by atoms with Gasteiger partial charge in [-0.1, -0.05) is 12.1 Å². The van der Waals surface area contributed by atoms with Gasteiger partial charge in [0.1, 0.15) is 0 Å². The maximum absolute atomic E-state index is 9.29. The number of nitrogens with one attached hydrogen (secondary N) is 1. The molecule has 0 bridgehead atoms. The van der Waals surface area contributed by atoms with Gasteiger partial charge in [0.05, 0.1) is 17.8 Å². The van der Waals surface area contributed by atoms with Crippen molar-refractivity contribution >= 4 is 21.6 Å². The predicted octanol–water partition coefficient (Wildman–Crippen LogP) is 2.56. The lowest BCUT2D eigenvalue weighted by atomic mass is 9.88. The molecule has 0 aliphatic carbocycles. The van der Waals surface area contributed by atoms with Crippen LogP contribution in [0.5, 0.6) is 0 Å².